The van der Waals surface area contributed by atoms with Crippen LogP contribution < -0.4 is 10.6 Å². The predicted octanol–water partition coefficient (Wildman–Crippen LogP) is 4.33. The van der Waals surface area contributed by atoms with Crippen molar-refractivity contribution in [3.05, 3.63) is 71.8 Å². The van der Waals surface area contributed by atoms with Gasteiger partial charge in [0.05, 0.1) is 0 Å². The number of amides is 2. The van der Waals surface area contributed by atoms with Gasteiger partial charge in [0.25, 0.3) is 11.8 Å². The van der Waals surface area contributed by atoms with Crippen LogP contribution in [-0.4, -0.2) is 42.3 Å². The van der Waals surface area contributed by atoms with Crippen LogP contribution in [0.4, 0.5) is 4.79 Å². The molecule has 0 saturated carbocycles. The first kappa shape index (κ1) is 24.9. The molecule has 0 aliphatic rings. The van der Waals surface area contributed by atoms with Gasteiger partial charge in [0, 0.05) is 36.1 Å². The maximum absolute atomic E-state index is 12.2. The van der Waals surface area contributed by atoms with Crippen LogP contribution in [0.5, 0.6) is 0 Å². The summed E-state index contributed by atoms with van der Waals surface area (Å²) in [4.78, 5) is 36.5. The number of hydrogen-bond acceptors (Lipinski definition) is 5. The average Bonchev–Trinajstić information content (AvgIpc) is 2.74. The fourth-order valence-electron chi connectivity index (χ4n) is 3.36. The molecule has 2 aromatic carbocycles. The highest BCUT2D eigenvalue weighted by atomic mass is 16.7. The minimum absolute atomic E-state index is 0.173. The number of carbonyl (C=O) groups excluding carboxylic acids is 3. The maximum atomic E-state index is 12.2. The lowest BCUT2D eigenvalue weighted by atomic mass is 10.1. The van der Waals surface area contributed by atoms with Crippen molar-refractivity contribution >= 4 is 18.0 Å². The summed E-state index contributed by atoms with van der Waals surface area (Å²) in [7, 11) is 0. The Labute approximate surface area is 189 Å². The second-order valence-electron chi connectivity index (χ2n) is 8.06. The topological polar surface area (TPSA) is 93.7 Å². The molecule has 7 heteroatoms. The molecule has 7 nitrogen and oxygen atoms in total. The van der Waals surface area contributed by atoms with Crippen molar-refractivity contribution in [3.8, 4) is 0 Å². The van der Waals surface area contributed by atoms with Crippen LogP contribution in [0.15, 0.2) is 60.7 Å². The third-order valence-corrected chi connectivity index (χ3v) is 4.79. The molecule has 0 radical (unpaired) electrons. The molecule has 0 spiro atoms. The molecular formula is C25H32N2O5. The second-order valence-corrected chi connectivity index (χ2v) is 8.06. The van der Waals surface area contributed by atoms with E-state index in [2.05, 4.69) is 10.6 Å². The molecule has 172 valence electrons. The maximum Gasteiger partial charge on any atom is 0.508 e. The SMILES string of the molecule is CC(CC(C)OC(=O)OC(C)CC(C)NC(=O)c1ccccc1)NC(=O)c1ccccc1. The van der Waals surface area contributed by atoms with Crippen LogP contribution in [-0.2, 0) is 9.47 Å². The summed E-state index contributed by atoms with van der Waals surface area (Å²) in [5.41, 5.74) is 1.16. The highest BCUT2D eigenvalue weighted by Gasteiger charge is 2.20. The van der Waals surface area contributed by atoms with Crippen LogP contribution in [0, 0.1) is 0 Å². The van der Waals surface area contributed by atoms with E-state index in [0.29, 0.717) is 24.0 Å². The van der Waals surface area contributed by atoms with Gasteiger partial charge in [0.1, 0.15) is 12.2 Å². The zero-order valence-corrected chi connectivity index (χ0v) is 19.0. The molecule has 2 amide bonds. The fourth-order valence-corrected chi connectivity index (χ4v) is 3.36. The summed E-state index contributed by atoms with van der Waals surface area (Å²) >= 11 is 0. The lowest BCUT2D eigenvalue weighted by molar-refractivity contribution is 0.000483. The van der Waals surface area contributed by atoms with Gasteiger partial charge in [-0.05, 0) is 52.0 Å². The smallest absolute Gasteiger partial charge is 0.431 e. The van der Waals surface area contributed by atoms with Gasteiger partial charge in [-0.15, -0.1) is 0 Å². The number of rotatable bonds is 10. The van der Waals surface area contributed by atoms with E-state index in [9.17, 15) is 14.4 Å². The van der Waals surface area contributed by atoms with Crippen molar-refractivity contribution in [1.82, 2.24) is 10.6 Å². The first-order valence-corrected chi connectivity index (χ1v) is 10.8. The number of hydrogen-bond donors (Lipinski definition) is 2. The summed E-state index contributed by atoms with van der Waals surface area (Å²) in [5, 5.41) is 5.78. The molecule has 0 aromatic heterocycles. The first-order chi connectivity index (χ1) is 15.2. The molecule has 0 aliphatic heterocycles. The Kier molecular flexibility index (Phi) is 9.73. The number of benzene rings is 2. The van der Waals surface area contributed by atoms with E-state index in [1.54, 1.807) is 62.4 Å². The van der Waals surface area contributed by atoms with E-state index >= 15 is 0 Å². The summed E-state index contributed by atoms with van der Waals surface area (Å²) in [6.45, 7) is 7.21. The minimum Gasteiger partial charge on any atom is -0.431 e. The van der Waals surface area contributed by atoms with Crippen LogP contribution in [0.25, 0.3) is 0 Å². The Balaban J connectivity index is 1.69. The van der Waals surface area contributed by atoms with Gasteiger partial charge < -0.3 is 20.1 Å². The highest BCUT2D eigenvalue weighted by molar-refractivity contribution is 5.94. The second kappa shape index (κ2) is 12.5. The van der Waals surface area contributed by atoms with E-state index < -0.39 is 18.4 Å². The van der Waals surface area contributed by atoms with Gasteiger partial charge in [-0.1, -0.05) is 36.4 Å². The van der Waals surface area contributed by atoms with Crippen molar-refractivity contribution in [2.45, 2.75) is 64.8 Å². The standard InChI is InChI=1S/C25H32N2O5/c1-17(26-23(28)21-11-7-5-8-12-21)15-19(3)31-25(30)32-20(4)16-18(2)27-24(29)22-13-9-6-10-14-22/h5-14,17-20H,15-16H2,1-4H3,(H,26,28)(H,27,29). The molecular weight excluding hydrogens is 408 g/mol. The van der Waals surface area contributed by atoms with Gasteiger partial charge >= 0.3 is 6.16 Å². The van der Waals surface area contributed by atoms with Gasteiger partial charge in [-0.25, -0.2) is 4.79 Å². The van der Waals surface area contributed by atoms with E-state index in [0.717, 1.165) is 0 Å². The zero-order valence-electron chi connectivity index (χ0n) is 19.0. The largest absolute Gasteiger partial charge is 0.508 e. The summed E-state index contributed by atoms with van der Waals surface area (Å²) in [5.74, 6) is -0.346. The molecule has 4 atom stereocenters. The fraction of sp³-hybridized carbons (Fsp3) is 0.400. The highest BCUT2D eigenvalue weighted by Crippen LogP contribution is 2.10. The Morgan fingerprint density at radius 3 is 1.34 bits per heavy atom. The third-order valence-electron chi connectivity index (χ3n) is 4.79. The van der Waals surface area contributed by atoms with Crippen LogP contribution in [0.1, 0.15) is 61.3 Å². The average molecular weight is 441 g/mol. The molecule has 0 aliphatic carbocycles. The van der Waals surface area contributed by atoms with E-state index in [-0.39, 0.29) is 23.9 Å². The van der Waals surface area contributed by atoms with Crippen LogP contribution in [0.2, 0.25) is 0 Å². The van der Waals surface area contributed by atoms with E-state index in [4.69, 9.17) is 9.47 Å². The quantitative estimate of drug-likeness (QED) is 0.536. The number of carbonyl (C=O) groups is 3. The molecule has 32 heavy (non-hydrogen) atoms. The lowest BCUT2D eigenvalue weighted by Gasteiger charge is -2.22. The van der Waals surface area contributed by atoms with Gasteiger partial charge in [-0.3, -0.25) is 9.59 Å². The molecule has 4 unspecified atom stereocenters. The Bertz CT molecular complexity index is 801. The molecule has 2 aromatic rings. The lowest BCUT2D eigenvalue weighted by Crippen LogP contribution is -2.37. The van der Waals surface area contributed by atoms with Crippen LogP contribution in [0.3, 0.4) is 0 Å². The van der Waals surface area contributed by atoms with Gasteiger partial charge in [0.15, 0.2) is 0 Å². The number of ether oxygens (including phenoxy) is 2. The number of nitrogens with one attached hydrogen (secondary N) is 2. The Morgan fingerprint density at radius 1 is 0.656 bits per heavy atom. The Morgan fingerprint density at radius 2 is 1.00 bits per heavy atom. The molecule has 2 N–H and O–H groups in total. The van der Waals surface area contributed by atoms with Crippen molar-refractivity contribution in [2.24, 2.45) is 0 Å². The first-order valence-electron chi connectivity index (χ1n) is 10.8. The summed E-state index contributed by atoms with van der Waals surface area (Å²) < 4.78 is 10.6. The molecule has 2 rings (SSSR count). The summed E-state index contributed by atoms with van der Waals surface area (Å²) in [6.07, 6.45) is -0.739. The van der Waals surface area contributed by atoms with E-state index in [1.165, 1.54) is 0 Å². The van der Waals surface area contributed by atoms with Gasteiger partial charge in [-0.2, -0.15) is 0 Å². The van der Waals surface area contributed by atoms with E-state index in [1.807, 2.05) is 26.0 Å². The normalized spacial score (nSPS) is 14.4. The van der Waals surface area contributed by atoms with Gasteiger partial charge in [0.2, 0.25) is 0 Å². The molecule has 0 heterocycles. The molecule has 0 bridgehead atoms. The van der Waals surface area contributed by atoms with Crippen LogP contribution >= 0.6 is 0 Å². The molecule has 0 fully saturated rings. The monoisotopic (exact) mass is 440 g/mol. The predicted molar refractivity (Wildman–Crippen MR) is 122 cm³/mol. The summed E-state index contributed by atoms with van der Waals surface area (Å²) in [6, 6.07) is 17.5. The molecule has 0 saturated heterocycles. The zero-order chi connectivity index (χ0) is 23.5. The van der Waals surface area contributed by atoms with Crippen molar-refractivity contribution in [1.29, 1.82) is 0 Å². The third kappa shape index (κ3) is 8.79. The Hall–Kier alpha value is -3.35. The van der Waals surface area contributed by atoms with Crippen molar-refractivity contribution < 1.29 is 23.9 Å². The minimum atomic E-state index is -0.770. The van der Waals surface area contributed by atoms with Crippen molar-refractivity contribution in [2.75, 3.05) is 0 Å². The van der Waals surface area contributed by atoms with Crippen molar-refractivity contribution in [3.63, 3.8) is 0 Å².